The van der Waals surface area contributed by atoms with Crippen LogP contribution in [0, 0.1) is 0 Å². The van der Waals surface area contributed by atoms with Gasteiger partial charge < -0.3 is 15.0 Å². The largest absolute Gasteiger partial charge is 0.497 e. The fraction of sp³-hybridized carbons (Fsp3) is 0.273. The molecule has 8 nitrogen and oxygen atoms in total. The zero-order valence-corrected chi connectivity index (χ0v) is 25.0. The summed E-state index contributed by atoms with van der Waals surface area (Å²) in [6.45, 7) is 2.03. The second kappa shape index (κ2) is 14.0. The highest BCUT2D eigenvalue weighted by Crippen LogP contribution is 2.29. The zero-order valence-electron chi connectivity index (χ0n) is 24.2. The molecular weight excluding hydrogens is 550 g/mol. The highest BCUT2D eigenvalue weighted by Gasteiger charge is 2.33. The Kier molecular flexibility index (Phi) is 10.2. The molecule has 1 N–H and O–H groups in total. The summed E-state index contributed by atoms with van der Waals surface area (Å²) in [6, 6.07) is 28.7. The molecule has 4 rings (SSSR count). The zero-order chi connectivity index (χ0) is 30.1. The van der Waals surface area contributed by atoms with Crippen molar-refractivity contribution in [3.05, 3.63) is 108 Å². The van der Waals surface area contributed by atoms with Gasteiger partial charge in [0.05, 0.1) is 19.1 Å². The molecule has 0 bridgehead atoms. The number of fused-ring (bicyclic) bond motifs is 1. The number of amides is 2. The third-order valence-corrected chi connectivity index (χ3v) is 8.15. The van der Waals surface area contributed by atoms with Crippen molar-refractivity contribution in [2.24, 2.45) is 0 Å². The molecule has 42 heavy (non-hydrogen) atoms. The summed E-state index contributed by atoms with van der Waals surface area (Å²) in [4.78, 5) is 29.4. The van der Waals surface area contributed by atoms with Gasteiger partial charge in [-0.25, -0.2) is 8.42 Å². The quantitative estimate of drug-likeness (QED) is 0.243. The van der Waals surface area contributed by atoms with E-state index in [9.17, 15) is 18.0 Å². The number of sulfonamides is 1. The van der Waals surface area contributed by atoms with Gasteiger partial charge in [-0.05, 0) is 41.1 Å². The molecule has 0 aliphatic carbocycles. The van der Waals surface area contributed by atoms with Crippen molar-refractivity contribution in [2.45, 2.75) is 32.4 Å². The van der Waals surface area contributed by atoms with Gasteiger partial charge in [-0.1, -0.05) is 85.8 Å². The highest BCUT2D eigenvalue weighted by molar-refractivity contribution is 7.92. The van der Waals surface area contributed by atoms with Gasteiger partial charge >= 0.3 is 0 Å². The Hall–Kier alpha value is -4.37. The van der Waals surface area contributed by atoms with E-state index in [-0.39, 0.29) is 18.9 Å². The van der Waals surface area contributed by atoms with Crippen molar-refractivity contribution >= 4 is 38.3 Å². The predicted octanol–water partition coefficient (Wildman–Crippen LogP) is 4.78. The molecular formula is C33H37N3O5S. The van der Waals surface area contributed by atoms with Crippen LogP contribution in [0.4, 0.5) is 5.69 Å². The van der Waals surface area contributed by atoms with Crippen LogP contribution < -0.4 is 14.4 Å². The van der Waals surface area contributed by atoms with Crippen LogP contribution in [0.5, 0.6) is 5.75 Å². The Labute approximate surface area is 248 Å². The number of ether oxygens (including phenoxy) is 1. The van der Waals surface area contributed by atoms with Crippen molar-refractivity contribution in [3.63, 3.8) is 0 Å². The maximum atomic E-state index is 14.3. The van der Waals surface area contributed by atoms with Gasteiger partial charge in [-0.3, -0.25) is 13.9 Å². The fourth-order valence-electron chi connectivity index (χ4n) is 4.91. The SMILES string of the molecule is CCCNC(=O)[C@H](Cc1ccccc1)N(Cc1cccc(OC)c1)C(=O)CN(c1cccc2ccccc12)S(C)(=O)=O. The topological polar surface area (TPSA) is 96.0 Å². The summed E-state index contributed by atoms with van der Waals surface area (Å²) < 4.78 is 32.9. The van der Waals surface area contributed by atoms with E-state index in [1.54, 1.807) is 25.3 Å². The van der Waals surface area contributed by atoms with Crippen LogP contribution in [0.25, 0.3) is 10.8 Å². The molecule has 0 spiro atoms. The lowest BCUT2D eigenvalue weighted by atomic mass is 10.0. The van der Waals surface area contributed by atoms with Crippen molar-refractivity contribution in [1.29, 1.82) is 0 Å². The molecule has 0 aliphatic rings. The van der Waals surface area contributed by atoms with E-state index < -0.39 is 28.5 Å². The summed E-state index contributed by atoms with van der Waals surface area (Å²) in [7, 11) is -2.31. The van der Waals surface area contributed by atoms with Crippen molar-refractivity contribution in [3.8, 4) is 5.75 Å². The number of methoxy groups -OCH3 is 1. The molecule has 4 aromatic carbocycles. The van der Waals surface area contributed by atoms with Crippen molar-refractivity contribution < 1.29 is 22.7 Å². The van der Waals surface area contributed by atoms with Gasteiger partial charge in [-0.2, -0.15) is 0 Å². The number of nitrogens with one attached hydrogen (secondary N) is 1. The minimum atomic E-state index is -3.88. The average Bonchev–Trinajstić information content (AvgIpc) is 3.00. The number of hydrogen-bond acceptors (Lipinski definition) is 5. The Morgan fingerprint density at radius 3 is 2.26 bits per heavy atom. The third kappa shape index (κ3) is 7.67. The molecule has 0 aromatic heterocycles. The average molecular weight is 588 g/mol. The van der Waals surface area contributed by atoms with Crippen molar-refractivity contribution in [2.75, 3.05) is 30.8 Å². The summed E-state index contributed by atoms with van der Waals surface area (Å²) in [5.74, 6) is -0.180. The molecule has 1 atom stereocenters. The number of nitrogens with zero attached hydrogens (tertiary/aromatic N) is 2. The van der Waals surface area contributed by atoms with E-state index in [2.05, 4.69) is 5.32 Å². The predicted molar refractivity (Wildman–Crippen MR) is 167 cm³/mol. The number of carbonyl (C=O) groups is 2. The molecule has 0 fully saturated rings. The van der Waals surface area contributed by atoms with Crippen LogP contribution in [0.1, 0.15) is 24.5 Å². The minimum absolute atomic E-state index is 0.0835. The van der Waals surface area contributed by atoms with E-state index in [4.69, 9.17) is 4.74 Å². The monoisotopic (exact) mass is 587 g/mol. The lowest BCUT2D eigenvalue weighted by Gasteiger charge is -2.33. The molecule has 0 saturated heterocycles. The summed E-state index contributed by atoms with van der Waals surface area (Å²) in [5.41, 5.74) is 2.03. The first-order chi connectivity index (χ1) is 20.2. The normalized spacial score (nSPS) is 12.0. The lowest BCUT2D eigenvalue weighted by Crippen LogP contribution is -2.53. The number of carbonyl (C=O) groups excluding carboxylic acids is 2. The van der Waals surface area contributed by atoms with Gasteiger partial charge in [0.25, 0.3) is 0 Å². The smallest absolute Gasteiger partial charge is 0.244 e. The molecule has 220 valence electrons. The maximum absolute atomic E-state index is 14.3. The second-order valence-electron chi connectivity index (χ2n) is 10.1. The number of hydrogen-bond donors (Lipinski definition) is 1. The fourth-order valence-corrected chi connectivity index (χ4v) is 5.77. The number of anilines is 1. The number of rotatable bonds is 13. The molecule has 0 aliphatic heterocycles. The van der Waals surface area contributed by atoms with Gasteiger partial charge in [0.1, 0.15) is 18.3 Å². The summed E-state index contributed by atoms with van der Waals surface area (Å²) >= 11 is 0. The van der Waals surface area contributed by atoms with E-state index in [1.165, 1.54) is 4.90 Å². The molecule has 0 radical (unpaired) electrons. The van der Waals surface area contributed by atoms with Crippen LogP contribution in [0.15, 0.2) is 97.1 Å². The lowest BCUT2D eigenvalue weighted by molar-refractivity contribution is -0.140. The molecule has 0 saturated carbocycles. The molecule has 0 unspecified atom stereocenters. The van der Waals surface area contributed by atoms with Gasteiger partial charge in [-0.15, -0.1) is 0 Å². The second-order valence-corrected chi connectivity index (χ2v) is 12.0. The minimum Gasteiger partial charge on any atom is -0.497 e. The first-order valence-electron chi connectivity index (χ1n) is 13.9. The van der Waals surface area contributed by atoms with Crippen LogP contribution in [-0.4, -0.2) is 57.6 Å². The first-order valence-corrected chi connectivity index (χ1v) is 15.8. The molecule has 9 heteroatoms. The van der Waals surface area contributed by atoms with E-state index in [1.807, 2.05) is 85.8 Å². The standard InChI is InChI=1S/C33H37N3O5S/c1-4-20-34-33(38)31(22-25-12-6-5-7-13-25)35(23-26-14-10-17-28(21-26)41-2)32(37)24-36(42(3,39)40)30-19-11-16-27-15-8-9-18-29(27)30/h5-19,21,31H,4,20,22-24H2,1-3H3,(H,34,38)/t31-/m0/s1. The Morgan fingerprint density at radius 2 is 1.55 bits per heavy atom. The first kappa shape index (κ1) is 30.6. The molecule has 4 aromatic rings. The van der Waals surface area contributed by atoms with Crippen LogP contribution in [0.2, 0.25) is 0 Å². The Bertz CT molecular complexity index is 1620. The van der Waals surface area contributed by atoms with Crippen LogP contribution >= 0.6 is 0 Å². The summed E-state index contributed by atoms with van der Waals surface area (Å²) in [5, 5.41) is 4.51. The van der Waals surface area contributed by atoms with Crippen LogP contribution in [0.3, 0.4) is 0 Å². The number of benzene rings is 4. The highest BCUT2D eigenvalue weighted by atomic mass is 32.2. The van der Waals surface area contributed by atoms with E-state index in [0.717, 1.165) is 33.5 Å². The van der Waals surface area contributed by atoms with Gasteiger partial charge in [0, 0.05) is 24.9 Å². The third-order valence-electron chi connectivity index (χ3n) is 7.02. The molecule has 0 heterocycles. The van der Waals surface area contributed by atoms with Gasteiger partial charge in [0.15, 0.2) is 0 Å². The van der Waals surface area contributed by atoms with Crippen molar-refractivity contribution in [1.82, 2.24) is 10.2 Å². The van der Waals surface area contributed by atoms with Crippen LogP contribution in [-0.2, 0) is 32.6 Å². The maximum Gasteiger partial charge on any atom is 0.244 e. The molecule has 2 amide bonds. The Balaban J connectivity index is 1.78. The van der Waals surface area contributed by atoms with E-state index in [0.29, 0.717) is 23.4 Å². The Morgan fingerprint density at radius 1 is 0.881 bits per heavy atom. The van der Waals surface area contributed by atoms with Gasteiger partial charge in [0.2, 0.25) is 21.8 Å². The summed E-state index contributed by atoms with van der Waals surface area (Å²) in [6.07, 6.45) is 2.08. The van der Waals surface area contributed by atoms with E-state index >= 15 is 0 Å².